The van der Waals surface area contributed by atoms with Crippen LogP contribution in [-0.4, -0.2) is 20.7 Å². The molecule has 0 fully saturated rings. The van der Waals surface area contributed by atoms with E-state index in [1.165, 1.54) is 5.56 Å². The highest BCUT2D eigenvalue weighted by Crippen LogP contribution is 2.14. The van der Waals surface area contributed by atoms with Gasteiger partial charge in [0.2, 0.25) is 0 Å². The predicted octanol–water partition coefficient (Wildman–Crippen LogP) is 2.52. The number of anilines is 1. The third-order valence-corrected chi connectivity index (χ3v) is 3.28. The van der Waals surface area contributed by atoms with Crippen LogP contribution in [0.15, 0.2) is 35.6 Å². The van der Waals surface area contributed by atoms with Crippen molar-refractivity contribution < 1.29 is 0 Å². The summed E-state index contributed by atoms with van der Waals surface area (Å²) in [4.78, 5) is 8.58. The molecule has 0 amide bonds. The van der Waals surface area contributed by atoms with E-state index in [1.54, 1.807) is 6.33 Å². The summed E-state index contributed by atoms with van der Waals surface area (Å²) in [6, 6.07) is 8.15. The Labute approximate surface area is 131 Å². The minimum atomic E-state index is -0.125. The Balaban J connectivity index is 2.02. The van der Waals surface area contributed by atoms with Gasteiger partial charge in [0.05, 0.1) is 5.54 Å². The van der Waals surface area contributed by atoms with Gasteiger partial charge in [0.1, 0.15) is 18.7 Å². The third-order valence-electron chi connectivity index (χ3n) is 3.28. The number of rotatable bonds is 4. The maximum Gasteiger partial charge on any atom is 0.193 e. The first-order chi connectivity index (χ1) is 10.4. The molecule has 0 aliphatic heterocycles. The number of aliphatic imine (C=N–C) groups is 1. The molecule has 1 aromatic carbocycles. The molecule has 22 heavy (non-hydrogen) atoms. The van der Waals surface area contributed by atoms with Gasteiger partial charge in [-0.2, -0.15) is 5.10 Å². The SMILES string of the molecule is CCc1ccc(NC(N)=NCc2ncnn2C(C)(C)C)cc1. The molecule has 6 nitrogen and oxygen atoms in total. The van der Waals surface area contributed by atoms with Gasteiger partial charge in [0.15, 0.2) is 5.96 Å². The molecule has 1 aromatic heterocycles. The number of hydrogen-bond acceptors (Lipinski definition) is 3. The van der Waals surface area contributed by atoms with Gasteiger partial charge >= 0.3 is 0 Å². The lowest BCUT2D eigenvalue weighted by Crippen LogP contribution is -2.26. The normalized spacial score (nSPS) is 12.5. The molecule has 0 atom stereocenters. The van der Waals surface area contributed by atoms with Crippen molar-refractivity contribution in [3.05, 3.63) is 42.0 Å². The van der Waals surface area contributed by atoms with Crippen molar-refractivity contribution in [2.45, 2.75) is 46.2 Å². The maximum absolute atomic E-state index is 5.93. The molecule has 0 aliphatic carbocycles. The highest BCUT2D eigenvalue weighted by molar-refractivity contribution is 5.92. The summed E-state index contributed by atoms with van der Waals surface area (Å²) in [6.07, 6.45) is 2.56. The molecule has 1 heterocycles. The van der Waals surface area contributed by atoms with E-state index in [0.717, 1.165) is 17.9 Å². The van der Waals surface area contributed by atoms with E-state index in [-0.39, 0.29) is 5.54 Å². The fourth-order valence-electron chi connectivity index (χ4n) is 2.10. The molecule has 2 rings (SSSR count). The molecule has 0 saturated heterocycles. The Kier molecular flexibility index (Phi) is 4.80. The molecule has 3 N–H and O–H groups in total. The first-order valence-corrected chi connectivity index (χ1v) is 7.45. The van der Waals surface area contributed by atoms with Crippen LogP contribution in [0.1, 0.15) is 39.1 Å². The zero-order chi connectivity index (χ0) is 16.2. The Morgan fingerprint density at radius 2 is 1.95 bits per heavy atom. The number of nitrogens with zero attached hydrogens (tertiary/aromatic N) is 4. The Hall–Kier alpha value is -2.37. The number of hydrogen-bond donors (Lipinski definition) is 2. The van der Waals surface area contributed by atoms with Crippen LogP contribution in [0.2, 0.25) is 0 Å². The topological polar surface area (TPSA) is 81.1 Å². The van der Waals surface area contributed by atoms with Gasteiger partial charge in [0, 0.05) is 5.69 Å². The fraction of sp³-hybridized carbons (Fsp3) is 0.438. The van der Waals surface area contributed by atoms with E-state index < -0.39 is 0 Å². The van der Waals surface area contributed by atoms with Crippen molar-refractivity contribution in [3.63, 3.8) is 0 Å². The summed E-state index contributed by atoms with van der Waals surface area (Å²) in [6.45, 7) is 8.75. The fourth-order valence-corrected chi connectivity index (χ4v) is 2.10. The molecular formula is C16H24N6. The van der Waals surface area contributed by atoms with Gasteiger partial charge in [-0.25, -0.2) is 14.7 Å². The Morgan fingerprint density at radius 3 is 2.55 bits per heavy atom. The highest BCUT2D eigenvalue weighted by Gasteiger charge is 2.17. The average Bonchev–Trinajstić information content (AvgIpc) is 2.94. The van der Waals surface area contributed by atoms with Crippen LogP contribution in [-0.2, 0) is 18.5 Å². The smallest absolute Gasteiger partial charge is 0.193 e. The van der Waals surface area contributed by atoms with E-state index in [4.69, 9.17) is 5.73 Å². The number of guanidine groups is 1. The summed E-state index contributed by atoms with van der Waals surface area (Å²) in [5, 5.41) is 7.33. The minimum Gasteiger partial charge on any atom is -0.370 e. The van der Waals surface area contributed by atoms with Crippen LogP contribution in [0, 0.1) is 0 Å². The van der Waals surface area contributed by atoms with Crippen molar-refractivity contribution in [2.24, 2.45) is 10.7 Å². The predicted molar refractivity (Wildman–Crippen MR) is 89.8 cm³/mol. The lowest BCUT2D eigenvalue weighted by atomic mass is 10.1. The van der Waals surface area contributed by atoms with Gasteiger partial charge in [-0.3, -0.25) is 0 Å². The first-order valence-electron chi connectivity index (χ1n) is 7.45. The van der Waals surface area contributed by atoms with Gasteiger partial charge in [-0.1, -0.05) is 19.1 Å². The molecule has 0 aliphatic rings. The quantitative estimate of drug-likeness (QED) is 0.671. The molecule has 6 heteroatoms. The second kappa shape index (κ2) is 6.60. The van der Waals surface area contributed by atoms with Crippen molar-refractivity contribution in [1.82, 2.24) is 14.8 Å². The zero-order valence-electron chi connectivity index (χ0n) is 13.7. The summed E-state index contributed by atoms with van der Waals surface area (Å²) < 4.78 is 1.86. The minimum absolute atomic E-state index is 0.125. The molecule has 2 aromatic rings. The van der Waals surface area contributed by atoms with Crippen LogP contribution >= 0.6 is 0 Å². The average molecular weight is 300 g/mol. The zero-order valence-corrected chi connectivity index (χ0v) is 13.7. The number of nitrogens with two attached hydrogens (primary N) is 1. The monoisotopic (exact) mass is 300 g/mol. The van der Waals surface area contributed by atoms with Crippen molar-refractivity contribution in [3.8, 4) is 0 Å². The van der Waals surface area contributed by atoms with Crippen LogP contribution in [0.3, 0.4) is 0 Å². The second-order valence-corrected chi connectivity index (χ2v) is 6.14. The maximum atomic E-state index is 5.93. The van der Waals surface area contributed by atoms with Crippen LogP contribution in [0.4, 0.5) is 5.69 Å². The van der Waals surface area contributed by atoms with Gasteiger partial charge in [-0.05, 0) is 44.9 Å². The Morgan fingerprint density at radius 1 is 1.27 bits per heavy atom. The second-order valence-electron chi connectivity index (χ2n) is 6.14. The number of aromatic nitrogens is 3. The standard InChI is InChI=1S/C16H24N6/c1-5-12-6-8-13(9-7-12)21-15(17)18-10-14-19-11-20-22(14)16(2,3)4/h6-9,11H,5,10H2,1-4H3,(H3,17,18,21). The van der Waals surface area contributed by atoms with Gasteiger partial charge < -0.3 is 11.1 Å². The molecular weight excluding hydrogens is 276 g/mol. The summed E-state index contributed by atoms with van der Waals surface area (Å²) in [7, 11) is 0. The summed E-state index contributed by atoms with van der Waals surface area (Å²) in [5.41, 5.74) is 8.03. The number of aryl methyl sites for hydroxylation is 1. The number of benzene rings is 1. The molecule has 118 valence electrons. The van der Waals surface area contributed by atoms with E-state index in [2.05, 4.69) is 60.2 Å². The van der Waals surface area contributed by atoms with Gasteiger partial charge in [0.25, 0.3) is 0 Å². The highest BCUT2D eigenvalue weighted by atomic mass is 15.4. The van der Waals surface area contributed by atoms with E-state index in [1.807, 2.05) is 16.8 Å². The van der Waals surface area contributed by atoms with Crippen molar-refractivity contribution in [1.29, 1.82) is 0 Å². The third kappa shape index (κ3) is 4.07. The molecule has 0 spiro atoms. The first kappa shape index (κ1) is 16.0. The lowest BCUT2D eigenvalue weighted by Gasteiger charge is -2.20. The van der Waals surface area contributed by atoms with Crippen molar-refractivity contribution in [2.75, 3.05) is 5.32 Å². The molecule has 0 bridgehead atoms. The lowest BCUT2D eigenvalue weighted by molar-refractivity contribution is 0.342. The van der Waals surface area contributed by atoms with Crippen molar-refractivity contribution >= 4 is 11.6 Å². The van der Waals surface area contributed by atoms with Crippen LogP contribution < -0.4 is 11.1 Å². The molecule has 0 saturated carbocycles. The summed E-state index contributed by atoms with van der Waals surface area (Å²) in [5.74, 6) is 1.16. The largest absolute Gasteiger partial charge is 0.370 e. The summed E-state index contributed by atoms with van der Waals surface area (Å²) >= 11 is 0. The molecule has 0 unspecified atom stereocenters. The molecule has 0 radical (unpaired) electrons. The van der Waals surface area contributed by atoms with Crippen LogP contribution in [0.25, 0.3) is 0 Å². The number of nitrogens with one attached hydrogen (secondary N) is 1. The van der Waals surface area contributed by atoms with Crippen LogP contribution in [0.5, 0.6) is 0 Å². The van der Waals surface area contributed by atoms with E-state index in [0.29, 0.717) is 12.5 Å². The van der Waals surface area contributed by atoms with E-state index in [9.17, 15) is 0 Å². The van der Waals surface area contributed by atoms with Gasteiger partial charge in [-0.15, -0.1) is 0 Å². The van der Waals surface area contributed by atoms with E-state index >= 15 is 0 Å². The Bertz CT molecular complexity index is 633.